The molecule has 0 saturated carbocycles. The molecule has 9 heteroatoms. The summed E-state index contributed by atoms with van der Waals surface area (Å²) in [6, 6.07) is 23.9. The molecule has 0 radical (unpaired) electrons. The van der Waals surface area contributed by atoms with Gasteiger partial charge >= 0.3 is 0 Å². The van der Waals surface area contributed by atoms with E-state index >= 15 is 0 Å². The Kier molecular flexibility index (Phi) is 4.97. The Hall–Kier alpha value is -5.05. The Morgan fingerprint density at radius 3 is 2.39 bits per heavy atom. The zero-order chi connectivity index (χ0) is 25.8. The number of hydrogen-bond acceptors (Lipinski definition) is 6. The van der Waals surface area contributed by atoms with Crippen LogP contribution in [0.5, 0.6) is 17.5 Å². The van der Waals surface area contributed by atoms with Gasteiger partial charge in [-0.05, 0) is 61.0 Å². The maximum atomic E-state index is 13.5. The summed E-state index contributed by atoms with van der Waals surface area (Å²) in [6.07, 6.45) is 1.58. The summed E-state index contributed by atoms with van der Waals surface area (Å²) in [7, 11) is 1.64. The molecule has 0 aliphatic carbocycles. The van der Waals surface area contributed by atoms with Crippen LogP contribution < -0.4 is 9.47 Å². The lowest BCUT2D eigenvalue weighted by Gasteiger charge is -2.26. The Balaban J connectivity index is 1.47. The fourth-order valence-corrected chi connectivity index (χ4v) is 4.97. The number of rotatable bonds is 4. The zero-order valence-corrected chi connectivity index (χ0v) is 20.5. The smallest absolute Gasteiger partial charge is 0.230 e. The van der Waals surface area contributed by atoms with Crippen molar-refractivity contribution in [1.82, 2.24) is 29.4 Å². The van der Waals surface area contributed by atoms with E-state index in [-0.39, 0.29) is 11.7 Å². The highest BCUT2D eigenvalue weighted by Gasteiger charge is 2.38. The van der Waals surface area contributed by atoms with Gasteiger partial charge in [-0.15, -0.1) is 5.10 Å². The van der Waals surface area contributed by atoms with E-state index in [2.05, 4.69) is 10.1 Å². The first-order chi connectivity index (χ1) is 18.6. The molecule has 7 rings (SSSR count). The SMILES string of the molecule is COc1ccc([C@@H]2c3c(C)nn(-c4ccccc4)c3Oc3ncn4nc(-c5ccc(F)cc5)nc4c32)cc1. The minimum atomic E-state index is -0.317. The number of ether oxygens (including phenoxy) is 2. The van der Waals surface area contributed by atoms with E-state index in [9.17, 15) is 4.39 Å². The van der Waals surface area contributed by atoms with Crippen molar-refractivity contribution in [3.8, 4) is 34.6 Å². The van der Waals surface area contributed by atoms with Crippen molar-refractivity contribution < 1.29 is 13.9 Å². The number of para-hydroxylation sites is 1. The van der Waals surface area contributed by atoms with Gasteiger partial charge in [-0.2, -0.15) is 5.10 Å². The Morgan fingerprint density at radius 1 is 0.895 bits per heavy atom. The Labute approximate surface area is 216 Å². The van der Waals surface area contributed by atoms with Crippen LogP contribution >= 0.6 is 0 Å². The monoisotopic (exact) mass is 504 g/mol. The Morgan fingerprint density at radius 2 is 1.66 bits per heavy atom. The second-order valence-electron chi connectivity index (χ2n) is 9.03. The lowest BCUT2D eigenvalue weighted by Crippen LogP contribution is -2.16. The molecule has 3 aromatic carbocycles. The van der Waals surface area contributed by atoms with E-state index in [0.717, 1.165) is 33.8 Å². The highest BCUT2D eigenvalue weighted by Crippen LogP contribution is 2.49. The van der Waals surface area contributed by atoms with Gasteiger partial charge in [0.15, 0.2) is 11.5 Å². The molecule has 6 aromatic rings. The number of methoxy groups -OCH3 is 1. The highest BCUT2D eigenvalue weighted by molar-refractivity contribution is 5.68. The second kappa shape index (κ2) is 8.52. The number of benzene rings is 3. The van der Waals surface area contributed by atoms with Gasteiger partial charge in [-0.25, -0.2) is 23.6 Å². The fraction of sp³-hybridized carbons (Fsp3) is 0.103. The van der Waals surface area contributed by atoms with Crippen molar-refractivity contribution in [2.45, 2.75) is 12.8 Å². The van der Waals surface area contributed by atoms with Gasteiger partial charge in [0.1, 0.15) is 17.9 Å². The molecule has 0 bridgehead atoms. The number of nitrogens with zero attached hydrogens (tertiary/aromatic N) is 6. The van der Waals surface area contributed by atoms with Crippen LogP contribution in [0.15, 0.2) is 85.2 Å². The summed E-state index contributed by atoms with van der Waals surface area (Å²) in [5, 5.41) is 9.49. The third-order valence-electron chi connectivity index (χ3n) is 6.77. The van der Waals surface area contributed by atoms with Gasteiger partial charge < -0.3 is 9.47 Å². The summed E-state index contributed by atoms with van der Waals surface area (Å²) >= 11 is 0. The summed E-state index contributed by atoms with van der Waals surface area (Å²) < 4.78 is 28.8. The lowest BCUT2D eigenvalue weighted by atomic mass is 9.84. The van der Waals surface area contributed by atoms with E-state index in [0.29, 0.717) is 28.8 Å². The molecule has 0 unspecified atom stereocenters. The molecule has 3 aromatic heterocycles. The van der Waals surface area contributed by atoms with E-state index in [4.69, 9.17) is 19.6 Å². The maximum Gasteiger partial charge on any atom is 0.230 e. The van der Waals surface area contributed by atoms with Crippen molar-refractivity contribution in [2.24, 2.45) is 0 Å². The molecular formula is C29H21FN6O2. The van der Waals surface area contributed by atoms with Crippen molar-refractivity contribution >= 4 is 5.65 Å². The normalized spacial score (nSPS) is 14.1. The van der Waals surface area contributed by atoms with Crippen LogP contribution in [0.1, 0.15) is 28.3 Å². The largest absolute Gasteiger partial charge is 0.497 e. The van der Waals surface area contributed by atoms with Gasteiger partial charge in [0, 0.05) is 5.56 Å². The summed E-state index contributed by atoms with van der Waals surface area (Å²) in [5.41, 5.74) is 5.73. The molecule has 4 heterocycles. The molecule has 0 amide bonds. The highest BCUT2D eigenvalue weighted by atomic mass is 19.1. The van der Waals surface area contributed by atoms with Crippen molar-refractivity contribution in [3.63, 3.8) is 0 Å². The molecule has 1 aliphatic heterocycles. The number of hydrogen-bond donors (Lipinski definition) is 0. The lowest BCUT2D eigenvalue weighted by molar-refractivity contribution is 0.402. The second-order valence-corrected chi connectivity index (χ2v) is 9.03. The van der Waals surface area contributed by atoms with Crippen LogP contribution in [0.3, 0.4) is 0 Å². The molecule has 0 saturated heterocycles. The number of aromatic nitrogens is 6. The first-order valence-electron chi connectivity index (χ1n) is 12.1. The molecule has 8 nitrogen and oxygen atoms in total. The van der Waals surface area contributed by atoms with Crippen LogP contribution in [0.25, 0.3) is 22.7 Å². The average molecular weight is 505 g/mol. The van der Waals surface area contributed by atoms with Gasteiger partial charge in [0.05, 0.1) is 35.5 Å². The standard InChI is InChI=1S/C29H21FN6O2/c1-17-23-24(18-10-14-22(37-2)15-11-18)25-27-32-26(19-8-12-20(30)13-9-19)34-35(27)16-31-28(25)38-29(23)36(33-17)21-6-4-3-5-7-21/h3-16,24H,1-2H3/t24-/m1/s1. The minimum Gasteiger partial charge on any atom is -0.497 e. The van der Waals surface area contributed by atoms with Crippen LogP contribution in [0.2, 0.25) is 0 Å². The molecule has 1 aliphatic rings. The van der Waals surface area contributed by atoms with Crippen LogP contribution in [0, 0.1) is 12.7 Å². The van der Waals surface area contributed by atoms with Gasteiger partial charge in [0.25, 0.3) is 0 Å². The van der Waals surface area contributed by atoms with Crippen molar-refractivity contribution in [2.75, 3.05) is 7.11 Å². The molecular weight excluding hydrogens is 483 g/mol. The molecule has 0 fully saturated rings. The first kappa shape index (κ1) is 22.2. The summed E-state index contributed by atoms with van der Waals surface area (Å²) in [5.74, 6) is 1.67. The van der Waals surface area contributed by atoms with E-state index < -0.39 is 0 Å². The summed E-state index contributed by atoms with van der Waals surface area (Å²) in [6.45, 7) is 1.98. The zero-order valence-electron chi connectivity index (χ0n) is 20.5. The predicted octanol–water partition coefficient (Wildman–Crippen LogP) is 5.72. The quantitative estimate of drug-likeness (QED) is 0.305. The topological polar surface area (TPSA) is 79.4 Å². The van der Waals surface area contributed by atoms with Crippen LogP contribution in [-0.4, -0.2) is 36.5 Å². The first-order valence-corrected chi connectivity index (χ1v) is 12.1. The third-order valence-corrected chi connectivity index (χ3v) is 6.77. The predicted molar refractivity (Wildman–Crippen MR) is 138 cm³/mol. The number of aryl methyl sites for hydroxylation is 1. The molecule has 1 atom stereocenters. The van der Waals surface area contributed by atoms with Crippen molar-refractivity contribution in [3.05, 3.63) is 113 Å². The molecule has 38 heavy (non-hydrogen) atoms. The average Bonchev–Trinajstić information content (AvgIpc) is 3.54. The fourth-order valence-electron chi connectivity index (χ4n) is 4.97. The van der Waals surface area contributed by atoms with Crippen molar-refractivity contribution in [1.29, 1.82) is 0 Å². The van der Waals surface area contributed by atoms with E-state index in [1.165, 1.54) is 12.1 Å². The number of fused-ring (bicyclic) bond motifs is 4. The Bertz CT molecular complexity index is 1790. The van der Waals surface area contributed by atoms with E-state index in [1.54, 1.807) is 30.1 Å². The third kappa shape index (κ3) is 3.43. The van der Waals surface area contributed by atoms with Crippen LogP contribution in [-0.2, 0) is 0 Å². The maximum absolute atomic E-state index is 13.5. The van der Waals surface area contributed by atoms with Gasteiger partial charge in [-0.1, -0.05) is 30.3 Å². The molecule has 0 spiro atoms. The van der Waals surface area contributed by atoms with Crippen LogP contribution in [0.4, 0.5) is 4.39 Å². The molecule has 186 valence electrons. The number of halogens is 1. The minimum absolute atomic E-state index is 0.279. The van der Waals surface area contributed by atoms with E-state index in [1.807, 2.05) is 66.2 Å². The molecule has 0 N–H and O–H groups in total. The van der Waals surface area contributed by atoms with Gasteiger partial charge in [-0.3, -0.25) is 0 Å². The summed E-state index contributed by atoms with van der Waals surface area (Å²) in [4.78, 5) is 9.49. The van der Waals surface area contributed by atoms with Gasteiger partial charge in [0.2, 0.25) is 11.8 Å².